The van der Waals surface area contributed by atoms with E-state index >= 15 is 0 Å². The maximum absolute atomic E-state index is 12.2. The highest BCUT2D eigenvalue weighted by atomic mass is 16.6. The Morgan fingerprint density at radius 1 is 1.38 bits per heavy atom. The normalized spacial score (nSPS) is 22.0. The highest BCUT2D eigenvalue weighted by Gasteiger charge is 2.33. The number of amides is 1. The van der Waals surface area contributed by atoms with Crippen molar-refractivity contribution in [2.24, 2.45) is 7.05 Å². The van der Waals surface area contributed by atoms with E-state index in [1.165, 1.54) is 0 Å². The van der Waals surface area contributed by atoms with E-state index in [-0.39, 0.29) is 12.0 Å². The number of aliphatic hydroxyl groups excluding tert-OH is 1. The fourth-order valence-electron chi connectivity index (χ4n) is 3.20. The molecule has 1 aromatic carbocycles. The molecule has 130 valence electrons. The van der Waals surface area contributed by atoms with Crippen molar-refractivity contribution in [1.29, 1.82) is 0 Å². The van der Waals surface area contributed by atoms with Crippen LogP contribution in [0.5, 0.6) is 0 Å². The third-order valence-corrected chi connectivity index (χ3v) is 4.43. The number of ether oxygens (including phenoxy) is 1. The number of aryl methyl sites for hydroxylation is 1. The van der Waals surface area contributed by atoms with E-state index in [2.05, 4.69) is 11.2 Å². The molecule has 2 heterocycles. The Bertz CT molecular complexity index is 748. The molecule has 2 aromatic rings. The molecule has 0 aliphatic carbocycles. The zero-order chi connectivity index (χ0) is 17.5. The van der Waals surface area contributed by atoms with Gasteiger partial charge in [0.25, 0.3) is 0 Å². The zero-order valence-electron chi connectivity index (χ0n) is 14.7. The Kier molecular flexibility index (Phi) is 4.25. The van der Waals surface area contributed by atoms with E-state index in [1.54, 1.807) is 4.90 Å². The molecule has 1 fully saturated rings. The van der Waals surface area contributed by atoms with Crippen LogP contribution in [-0.4, -0.2) is 50.7 Å². The standard InChI is InChI=1S/C18H25N3O3/c1-18(2,3)24-17(23)21-8-7-14(16(22)11-21)12-5-6-13-10-19-20(4)15(13)9-12/h5-6,9-10,14,16,22H,7-8,11H2,1-4H3/t14?,16-/m1/s1. The number of β-amino-alcohol motifs (C(OH)–C–C–N with tert-alkyl or cyclic N) is 1. The van der Waals surface area contributed by atoms with Crippen LogP contribution in [0.3, 0.4) is 0 Å². The van der Waals surface area contributed by atoms with Crippen molar-refractivity contribution < 1.29 is 14.6 Å². The van der Waals surface area contributed by atoms with Gasteiger partial charge in [-0.2, -0.15) is 5.10 Å². The largest absolute Gasteiger partial charge is 0.444 e. The number of aromatic nitrogens is 2. The molecule has 1 aromatic heterocycles. The fraction of sp³-hybridized carbons (Fsp3) is 0.556. The van der Waals surface area contributed by atoms with Gasteiger partial charge in [-0.15, -0.1) is 0 Å². The number of hydrogen-bond acceptors (Lipinski definition) is 4. The van der Waals surface area contributed by atoms with Crippen molar-refractivity contribution in [3.8, 4) is 0 Å². The van der Waals surface area contributed by atoms with Gasteiger partial charge in [0.1, 0.15) is 5.60 Å². The number of benzene rings is 1. The predicted molar refractivity (Wildman–Crippen MR) is 91.9 cm³/mol. The molecule has 0 radical (unpaired) electrons. The molecule has 24 heavy (non-hydrogen) atoms. The SMILES string of the molecule is Cn1ncc2ccc(C3CCN(C(=O)OC(C)(C)C)C[C@H]3O)cc21. The van der Waals surface area contributed by atoms with E-state index in [4.69, 9.17) is 4.74 Å². The number of aliphatic hydroxyl groups is 1. The first-order valence-electron chi connectivity index (χ1n) is 8.32. The van der Waals surface area contributed by atoms with Gasteiger partial charge in [0.15, 0.2) is 0 Å². The number of nitrogens with zero attached hydrogens (tertiary/aromatic N) is 3. The van der Waals surface area contributed by atoms with Crippen LogP contribution in [0.2, 0.25) is 0 Å². The Morgan fingerprint density at radius 3 is 2.79 bits per heavy atom. The minimum Gasteiger partial charge on any atom is -0.444 e. The van der Waals surface area contributed by atoms with Gasteiger partial charge in [-0.1, -0.05) is 12.1 Å². The minimum atomic E-state index is -0.600. The van der Waals surface area contributed by atoms with Crippen molar-refractivity contribution in [3.05, 3.63) is 30.0 Å². The number of likely N-dealkylation sites (tertiary alicyclic amines) is 1. The van der Waals surface area contributed by atoms with Gasteiger partial charge in [0.2, 0.25) is 0 Å². The zero-order valence-corrected chi connectivity index (χ0v) is 14.7. The molecule has 2 atom stereocenters. The molecule has 1 saturated heterocycles. The maximum atomic E-state index is 12.2. The van der Waals surface area contributed by atoms with Crippen LogP contribution in [0.1, 0.15) is 38.7 Å². The second-order valence-electron chi connectivity index (χ2n) is 7.48. The topological polar surface area (TPSA) is 67.6 Å². The number of piperidine rings is 1. The van der Waals surface area contributed by atoms with Crippen LogP contribution in [0.4, 0.5) is 4.79 Å². The molecule has 0 spiro atoms. The summed E-state index contributed by atoms with van der Waals surface area (Å²) in [6, 6.07) is 6.16. The van der Waals surface area contributed by atoms with Crippen LogP contribution in [0.25, 0.3) is 10.9 Å². The molecule has 1 N–H and O–H groups in total. The van der Waals surface area contributed by atoms with E-state index in [0.717, 1.165) is 16.5 Å². The molecule has 1 amide bonds. The summed E-state index contributed by atoms with van der Waals surface area (Å²) in [6.07, 6.45) is 1.59. The van der Waals surface area contributed by atoms with Gasteiger partial charge in [-0.25, -0.2) is 4.79 Å². The van der Waals surface area contributed by atoms with Gasteiger partial charge in [0.05, 0.1) is 24.4 Å². The van der Waals surface area contributed by atoms with Crippen molar-refractivity contribution >= 4 is 17.0 Å². The lowest BCUT2D eigenvalue weighted by molar-refractivity contribution is -0.00151. The lowest BCUT2D eigenvalue weighted by Crippen LogP contribution is -2.47. The maximum Gasteiger partial charge on any atom is 0.410 e. The predicted octanol–water partition coefficient (Wildman–Crippen LogP) is 2.66. The average molecular weight is 331 g/mol. The molecule has 1 unspecified atom stereocenters. The molecule has 6 heteroatoms. The Labute approximate surface area is 142 Å². The van der Waals surface area contributed by atoms with E-state index < -0.39 is 11.7 Å². The first kappa shape index (κ1) is 16.8. The number of carbonyl (C=O) groups is 1. The lowest BCUT2D eigenvalue weighted by atomic mass is 9.87. The van der Waals surface area contributed by atoms with Crippen LogP contribution in [-0.2, 0) is 11.8 Å². The summed E-state index contributed by atoms with van der Waals surface area (Å²) < 4.78 is 7.23. The summed E-state index contributed by atoms with van der Waals surface area (Å²) in [5.41, 5.74) is 1.61. The number of rotatable bonds is 1. The first-order chi connectivity index (χ1) is 11.2. The molecular formula is C18H25N3O3. The van der Waals surface area contributed by atoms with Crippen molar-refractivity contribution in [3.63, 3.8) is 0 Å². The summed E-state index contributed by atoms with van der Waals surface area (Å²) in [6.45, 7) is 6.41. The third-order valence-electron chi connectivity index (χ3n) is 4.43. The van der Waals surface area contributed by atoms with Crippen LogP contribution >= 0.6 is 0 Å². The Morgan fingerprint density at radius 2 is 2.12 bits per heavy atom. The molecule has 0 saturated carbocycles. The molecule has 1 aliphatic rings. The smallest absolute Gasteiger partial charge is 0.410 e. The molecule has 1 aliphatic heterocycles. The van der Waals surface area contributed by atoms with E-state index in [1.807, 2.05) is 50.8 Å². The highest BCUT2D eigenvalue weighted by molar-refractivity contribution is 5.79. The van der Waals surface area contributed by atoms with Crippen LogP contribution < -0.4 is 0 Å². The second-order valence-corrected chi connectivity index (χ2v) is 7.48. The monoisotopic (exact) mass is 331 g/mol. The van der Waals surface area contributed by atoms with E-state index in [9.17, 15) is 9.90 Å². The number of fused-ring (bicyclic) bond motifs is 1. The van der Waals surface area contributed by atoms with Gasteiger partial charge in [-0.3, -0.25) is 4.68 Å². The molecule has 6 nitrogen and oxygen atoms in total. The van der Waals surface area contributed by atoms with Gasteiger partial charge < -0.3 is 14.7 Å². The van der Waals surface area contributed by atoms with Gasteiger partial charge in [0, 0.05) is 24.9 Å². The lowest BCUT2D eigenvalue weighted by Gasteiger charge is -2.36. The van der Waals surface area contributed by atoms with Crippen LogP contribution in [0.15, 0.2) is 24.4 Å². The van der Waals surface area contributed by atoms with Crippen LogP contribution in [0, 0.1) is 0 Å². The highest BCUT2D eigenvalue weighted by Crippen LogP contribution is 2.31. The third kappa shape index (κ3) is 3.38. The summed E-state index contributed by atoms with van der Waals surface area (Å²) in [5.74, 6) is 0.0167. The van der Waals surface area contributed by atoms with Crippen molar-refractivity contribution in [2.45, 2.75) is 44.8 Å². The minimum absolute atomic E-state index is 0.0167. The van der Waals surface area contributed by atoms with E-state index in [0.29, 0.717) is 19.5 Å². The second kappa shape index (κ2) is 6.09. The average Bonchev–Trinajstić information content (AvgIpc) is 2.86. The van der Waals surface area contributed by atoms with Gasteiger partial charge >= 0.3 is 6.09 Å². The summed E-state index contributed by atoms with van der Waals surface area (Å²) in [4.78, 5) is 13.8. The molecule has 0 bridgehead atoms. The number of carbonyl (C=O) groups excluding carboxylic acids is 1. The van der Waals surface area contributed by atoms with Crippen molar-refractivity contribution in [1.82, 2.24) is 14.7 Å². The van der Waals surface area contributed by atoms with Crippen molar-refractivity contribution in [2.75, 3.05) is 13.1 Å². The number of hydrogen-bond donors (Lipinski definition) is 1. The summed E-state index contributed by atoms with van der Waals surface area (Å²) >= 11 is 0. The molecular weight excluding hydrogens is 306 g/mol. The Balaban J connectivity index is 1.73. The summed E-state index contributed by atoms with van der Waals surface area (Å²) in [5, 5.41) is 15.9. The summed E-state index contributed by atoms with van der Waals surface area (Å²) in [7, 11) is 1.91. The Hall–Kier alpha value is -2.08. The molecule has 3 rings (SSSR count). The quantitative estimate of drug-likeness (QED) is 0.872. The first-order valence-corrected chi connectivity index (χ1v) is 8.32. The fourth-order valence-corrected chi connectivity index (χ4v) is 3.20. The van der Waals surface area contributed by atoms with Gasteiger partial charge in [-0.05, 0) is 38.8 Å².